The third-order valence-corrected chi connectivity index (χ3v) is 9.69. The minimum Gasteiger partial charge on any atom is -0.425 e. The van der Waals surface area contributed by atoms with Crippen LogP contribution in [0.15, 0.2) is 182 Å². The van der Waals surface area contributed by atoms with Crippen LogP contribution in [0.1, 0.15) is 13.3 Å². The largest absolute Gasteiger partial charge is 2.00 e. The van der Waals surface area contributed by atoms with Crippen LogP contribution in [-0.2, 0) is 19.5 Å². The van der Waals surface area contributed by atoms with Crippen molar-refractivity contribution in [2.75, 3.05) is 13.1 Å². The Bertz CT molecular complexity index is 1800. The number of H-pyrrole nitrogens is 1. The summed E-state index contributed by atoms with van der Waals surface area (Å²) in [6.07, 6.45) is 17.0. The van der Waals surface area contributed by atoms with E-state index in [4.69, 9.17) is 0 Å². The third-order valence-electron chi connectivity index (χ3n) is 7.24. The van der Waals surface area contributed by atoms with Crippen molar-refractivity contribution < 1.29 is 36.7 Å². The number of hydrogen-bond acceptors (Lipinski definition) is 7. The number of nitrogens with one attached hydrogen (secondary N) is 1. The fourth-order valence-electron chi connectivity index (χ4n) is 4.93. The van der Waals surface area contributed by atoms with Gasteiger partial charge in [-0.2, -0.15) is 5.10 Å². The van der Waals surface area contributed by atoms with E-state index in [9.17, 15) is 22.2 Å². The maximum atomic E-state index is 9.92. The Morgan fingerprint density at radius 2 is 1.11 bits per heavy atom. The van der Waals surface area contributed by atoms with Crippen LogP contribution < -0.4 is 15.9 Å². The Balaban J connectivity index is 0.000000202. The maximum Gasteiger partial charge on any atom is 2.00 e. The minimum absolute atomic E-state index is 0. The molecule has 19 heteroatoms. The Hall–Kier alpha value is -5.46. The number of benzene rings is 3. The molecule has 0 saturated heterocycles. The van der Waals surface area contributed by atoms with E-state index in [1.165, 1.54) is 15.9 Å². The quantitative estimate of drug-likeness (QED) is 0.0791. The molecule has 0 bridgehead atoms. The van der Waals surface area contributed by atoms with Crippen LogP contribution in [0.5, 0.6) is 0 Å². The molecule has 0 spiro atoms. The number of aromatic nitrogens is 8. The van der Waals surface area contributed by atoms with E-state index in [-0.39, 0.29) is 26.6 Å². The Morgan fingerprint density at radius 1 is 0.691 bits per heavy atom. The van der Waals surface area contributed by atoms with Crippen molar-refractivity contribution in [1.29, 1.82) is 0 Å². The first-order chi connectivity index (χ1) is 26.3. The van der Waals surface area contributed by atoms with E-state index in [0.29, 0.717) is 5.70 Å². The van der Waals surface area contributed by atoms with Gasteiger partial charge in [-0.05, 0) is 78.8 Å². The molecule has 1 radical (unpaired) electrons. The number of halogens is 4. The van der Waals surface area contributed by atoms with Gasteiger partial charge in [0.05, 0.1) is 0 Å². The molecule has 1 aliphatic rings. The molecule has 285 valence electrons. The number of aromatic amines is 1. The summed E-state index contributed by atoms with van der Waals surface area (Å²) in [4.78, 5) is 12.0. The number of nitrogens with zero attached hydrogens (tertiary/aromatic N) is 9. The van der Waals surface area contributed by atoms with Crippen LogP contribution in [0.3, 0.4) is 0 Å². The molecule has 1 aliphatic heterocycles. The van der Waals surface area contributed by atoms with Gasteiger partial charge < -0.3 is 35.9 Å². The van der Waals surface area contributed by atoms with Gasteiger partial charge in [-0.3, -0.25) is 5.10 Å². The summed E-state index contributed by atoms with van der Waals surface area (Å²) in [6, 6.07) is 39.8. The molecule has 0 amide bonds. The second-order valence-electron chi connectivity index (χ2n) is 11.0. The molecule has 3 aromatic carbocycles. The zero-order valence-corrected chi connectivity index (χ0v) is 32.3. The monoisotopic (exact) mass is 857 g/mol. The predicted molar refractivity (Wildman–Crippen MR) is 208 cm³/mol. The zero-order chi connectivity index (χ0) is 38.4. The summed E-state index contributed by atoms with van der Waals surface area (Å²) < 4.78 is 44.4. The van der Waals surface area contributed by atoms with E-state index in [0.717, 1.165) is 19.5 Å². The molecule has 8 rings (SSSR count). The zero-order valence-electron chi connectivity index (χ0n) is 29.7. The summed E-state index contributed by atoms with van der Waals surface area (Å²) in [5, 5.41) is 25.9. The molecular formula is C36H38B2F4N10OPRu. The Labute approximate surface area is 331 Å². The van der Waals surface area contributed by atoms with Gasteiger partial charge in [0.25, 0.3) is 7.12 Å². The molecule has 5 heterocycles. The van der Waals surface area contributed by atoms with Crippen LogP contribution in [0, 0.1) is 4.91 Å². The summed E-state index contributed by atoms with van der Waals surface area (Å²) >= 11 is 0. The fourth-order valence-corrected chi connectivity index (χ4v) is 7.23. The smallest absolute Gasteiger partial charge is 0.425 e. The van der Waals surface area contributed by atoms with E-state index in [2.05, 4.69) is 133 Å². The number of rotatable bonds is 8. The van der Waals surface area contributed by atoms with Crippen molar-refractivity contribution in [2.45, 2.75) is 13.3 Å². The van der Waals surface area contributed by atoms with E-state index in [1.54, 1.807) is 44.8 Å². The van der Waals surface area contributed by atoms with Crippen molar-refractivity contribution in [3.63, 3.8) is 0 Å². The van der Waals surface area contributed by atoms with Gasteiger partial charge in [0.1, 0.15) is 5.70 Å². The second-order valence-corrected chi connectivity index (χ2v) is 13.2. The Kier molecular flexibility index (Phi) is 19.2. The van der Waals surface area contributed by atoms with Crippen LogP contribution in [-0.4, -0.2) is 71.6 Å². The van der Waals surface area contributed by atoms with Crippen LogP contribution >= 0.6 is 7.92 Å². The van der Waals surface area contributed by atoms with Crippen LogP contribution in [0.2, 0.25) is 0 Å². The molecule has 4 aromatic heterocycles. The molecule has 0 saturated carbocycles. The first-order valence-electron chi connectivity index (χ1n) is 16.8. The minimum atomic E-state index is -6.00. The predicted octanol–water partition coefficient (Wildman–Crippen LogP) is 6.68. The van der Waals surface area contributed by atoms with Gasteiger partial charge in [0, 0.05) is 56.7 Å². The molecule has 0 aliphatic carbocycles. The van der Waals surface area contributed by atoms with E-state index in [1.807, 2.05) is 49.1 Å². The first-order valence-corrected chi connectivity index (χ1v) is 18.1. The standard InChI is InChI=1S/C18H15P.C9H9BN6.C6H10N2O.C3H4N2.BF4.Ru/c1-4-10-16(11-5-1)19(17-12-6-2-7-13-17)18-14-8-3-9-15-18;1-4-11-14(7-1)10(15-8-2-5-12-15)16-9-3-6-13-16;1-2-8-4-3-6(5-8)7-9;1-2-4-5-3-1;2-1(3,4)5;/h1-15H;1-9H;5H,2-4H2,1H3;1-3H,(H,4,5);;/q;-1;;;-1;+2. The molecule has 0 fully saturated rings. The first kappa shape index (κ1) is 43.9. The summed E-state index contributed by atoms with van der Waals surface area (Å²) in [6.45, 7) is 3.99. The van der Waals surface area contributed by atoms with E-state index >= 15 is 0 Å². The summed E-state index contributed by atoms with van der Waals surface area (Å²) in [7, 11) is -6.64. The fraction of sp³-hybridized carbons (Fsp3) is 0.111. The third kappa shape index (κ3) is 15.8. The van der Waals surface area contributed by atoms with Crippen LogP contribution in [0.4, 0.5) is 17.3 Å². The molecule has 0 unspecified atom stereocenters. The normalized spacial score (nSPS) is 11.6. The average Bonchev–Trinajstić information content (AvgIpc) is 4.04. The van der Waals surface area contributed by atoms with Crippen molar-refractivity contribution in [3.8, 4) is 0 Å². The molecule has 1 N–H and O–H groups in total. The van der Waals surface area contributed by atoms with E-state index < -0.39 is 15.2 Å². The second kappa shape index (κ2) is 24.1. The molecule has 11 nitrogen and oxygen atoms in total. The molecular weight excluding hydrogens is 818 g/mol. The van der Waals surface area contributed by atoms with Gasteiger partial charge in [-0.25, -0.2) is 15.3 Å². The van der Waals surface area contributed by atoms with Gasteiger partial charge in [-0.1, -0.05) is 91.0 Å². The van der Waals surface area contributed by atoms with Gasteiger partial charge in [0.15, 0.2) is 0 Å². The van der Waals surface area contributed by atoms with Gasteiger partial charge in [0.2, 0.25) is 0 Å². The van der Waals surface area contributed by atoms with Crippen LogP contribution in [0.25, 0.3) is 0 Å². The van der Waals surface area contributed by atoms with Crippen molar-refractivity contribution >= 4 is 38.2 Å². The number of nitroso groups, excluding NO2 is 1. The average molecular weight is 856 g/mol. The molecule has 55 heavy (non-hydrogen) atoms. The SMILES string of the molecule is CCN1C=C(N=O)CC1.F[B-](F)(F)F.[Ru+2].c1ccc(P(c2ccccc2)c2ccccc2)cc1.c1cn[nH]c1.c1cnn([B-](n2cccn2)n2cccn2)c1. The Morgan fingerprint density at radius 3 is 1.35 bits per heavy atom. The van der Waals surface area contributed by atoms with Crippen molar-refractivity contribution in [1.82, 2.24) is 44.2 Å². The summed E-state index contributed by atoms with van der Waals surface area (Å²) in [5.41, 5.74) is 0.678. The van der Waals surface area contributed by atoms with Crippen molar-refractivity contribution in [3.05, 3.63) is 182 Å². The molecule has 7 aromatic rings. The van der Waals surface area contributed by atoms with Gasteiger partial charge in [-0.15, -0.1) is 4.91 Å². The van der Waals surface area contributed by atoms with Crippen molar-refractivity contribution in [2.24, 2.45) is 5.18 Å². The summed E-state index contributed by atoms with van der Waals surface area (Å²) in [5.74, 6) is 0. The maximum absolute atomic E-state index is 9.92. The molecule has 0 atom stereocenters. The number of hydrogen-bond donors (Lipinski definition) is 1. The topological polar surface area (TPSA) is 115 Å². The van der Waals surface area contributed by atoms with Gasteiger partial charge >= 0.3 is 26.7 Å².